The summed E-state index contributed by atoms with van der Waals surface area (Å²) in [5.74, 6) is 1.21. The number of ether oxygens (including phenoxy) is 2. The summed E-state index contributed by atoms with van der Waals surface area (Å²) in [7, 11) is 3.35. The number of fused-ring (bicyclic) bond motifs is 2. The van der Waals surface area contributed by atoms with E-state index in [-0.39, 0.29) is 11.6 Å². The molecule has 4 aromatic heterocycles. The molecule has 0 aliphatic carbocycles. The van der Waals surface area contributed by atoms with Crippen LogP contribution in [0.2, 0.25) is 0 Å². The van der Waals surface area contributed by atoms with Gasteiger partial charge in [-0.15, -0.1) is 0 Å². The Morgan fingerprint density at radius 3 is 2.24 bits per heavy atom. The molecule has 2 aliphatic rings. The van der Waals surface area contributed by atoms with Gasteiger partial charge in [-0.25, -0.2) is 9.78 Å². The summed E-state index contributed by atoms with van der Waals surface area (Å²) in [5.41, 5.74) is 6.70. The zero-order valence-corrected chi connectivity index (χ0v) is 36.2. The van der Waals surface area contributed by atoms with E-state index >= 15 is 0 Å². The van der Waals surface area contributed by atoms with Crippen molar-refractivity contribution in [1.29, 1.82) is 0 Å². The second-order valence-electron chi connectivity index (χ2n) is 14.7. The molecule has 0 saturated carbocycles. The molecule has 6 rings (SSSR count). The number of hydrogen-bond acceptors (Lipinski definition) is 9. The van der Waals surface area contributed by atoms with Crippen LogP contribution in [-0.4, -0.2) is 102 Å². The van der Waals surface area contributed by atoms with Crippen LogP contribution in [0.4, 0.5) is 23.8 Å². The third-order valence-corrected chi connectivity index (χ3v) is 9.76. The van der Waals surface area contributed by atoms with Crippen molar-refractivity contribution in [1.82, 2.24) is 29.5 Å². The van der Waals surface area contributed by atoms with Gasteiger partial charge in [-0.1, -0.05) is 27.7 Å². The van der Waals surface area contributed by atoms with Crippen molar-refractivity contribution in [3.8, 4) is 16.9 Å². The number of pyridine rings is 3. The van der Waals surface area contributed by atoms with Gasteiger partial charge < -0.3 is 24.2 Å². The Balaban J connectivity index is 0.000000446. The fraction of sp³-hybridized carbons (Fsp3) is 0.535. The van der Waals surface area contributed by atoms with Gasteiger partial charge in [-0.05, 0) is 90.4 Å². The maximum atomic E-state index is 12.9. The van der Waals surface area contributed by atoms with E-state index in [1.165, 1.54) is 4.90 Å². The topological polar surface area (TPSA) is 125 Å². The van der Waals surface area contributed by atoms with E-state index in [4.69, 9.17) is 9.47 Å². The molecule has 15 heteroatoms. The van der Waals surface area contributed by atoms with E-state index in [1.807, 2.05) is 99.7 Å². The number of aryl methyl sites for hydroxylation is 1. The standard InChI is InChI=1S/C30H36F3N5O3.C9H14N2O2.2C2H6/c1-19-21(17-39)16-25-23(22-6-9-34-27-24(22)8-11-38(27)28(40)41-29(3,4)5)7-10-37(25)26(19)20(2)36-14-12-35(13-15-36)18-30(31,32)33;1-6-4-8(13-3)7(5-10-2)9(12)11-6;2*1-2/h6-7,9-10,16-17,20H,8,11-15,18H2,1-5H3;4,10H,5H2,1-3H3,(H,11,12);2*1-2H3. The zero-order chi connectivity index (χ0) is 43.5. The van der Waals surface area contributed by atoms with Gasteiger partial charge in [0, 0.05) is 85.8 Å². The number of nitrogens with one attached hydrogen (secondary N) is 2. The lowest BCUT2D eigenvalue weighted by Crippen LogP contribution is -2.49. The van der Waals surface area contributed by atoms with E-state index in [0.29, 0.717) is 68.4 Å². The second kappa shape index (κ2) is 20.8. The molecule has 0 aromatic carbocycles. The summed E-state index contributed by atoms with van der Waals surface area (Å²) in [6.45, 7) is 21.0. The van der Waals surface area contributed by atoms with Crippen LogP contribution in [0.5, 0.6) is 5.75 Å². The van der Waals surface area contributed by atoms with E-state index in [1.54, 1.807) is 25.3 Å². The van der Waals surface area contributed by atoms with E-state index in [2.05, 4.69) is 24.6 Å². The predicted molar refractivity (Wildman–Crippen MR) is 224 cm³/mol. The number of carbonyl (C=O) groups excluding carboxylic acids is 2. The summed E-state index contributed by atoms with van der Waals surface area (Å²) in [4.78, 5) is 48.9. The number of nitrogens with zero attached hydrogens (tertiary/aromatic N) is 5. The summed E-state index contributed by atoms with van der Waals surface area (Å²) in [5, 5.41) is 2.92. The number of rotatable bonds is 8. The number of piperazine rings is 1. The first-order valence-corrected chi connectivity index (χ1v) is 20.0. The second-order valence-corrected chi connectivity index (χ2v) is 14.7. The summed E-state index contributed by atoms with van der Waals surface area (Å²) in [6, 6.07) is 7.50. The highest BCUT2D eigenvalue weighted by Crippen LogP contribution is 2.39. The molecule has 0 radical (unpaired) electrons. The van der Waals surface area contributed by atoms with Gasteiger partial charge in [0.2, 0.25) is 0 Å². The lowest BCUT2D eigenvalue weighted by Gasteiger charge is -2.39. The van der Waals surface area contributed by atoms with Crippen LogP contribution in [0.15, 0.2) is 41.5 Å². The molecule has 12 nitrogen and oxygen atoms in total. The highest BCUT2D eigenvalue weighted by Gasteiger charge is 2.35. The molecule has 2 N–H and O–H groups in total. The van der Waals surface area contributed by atoms with Crippen LogP contribution in [-0.2, 0) is 17.7 Å². The third-order valence-electron chi connectivity index (χ3n) is 9.76. The fourth-order valence-electron chi connectivity index (χ4n) is 7.24. The van der Waals surface area contributed by atoms with Crippen LogP contribution in [0.3, 0.4) is 0 Å². The average molecular weight is 814 g/mol. The monoisotopic (exact) mass is 813 g/mol. The summed E-state index contributed by atoms with van der Waals surface area (Å²) < 4.78 is 51.5. The molecule has 320 valence electrons. The fourth-order valence-corrected chi connectivity index (χ4v) is 7.24. The van der Waals surface area contributed by atoms with Crippen LogP contribution in [0.25, 0.3) is 16.6 Å². The van der Waals surface area contributed by atoms with Gasteiger partial charge >= 0.3 is 12.3 Å². The number of H-pyrrole nitrogens is 1. The SMILES string of the molecule is CC.CC.CNCc1c(OC)cc(C)[nH]c1=O.Cc1c(C=O)cc2c(-c3ccnc4c3CCN4C(=O)OC(C)(C)C)ccn2c1C(C)N1CCN(CC(F)(F)F)CC1. The molecule has 1 unspecified atom stereocenters. The Morgan fingerprint density at radius 1 is 1.02 bits per heavy atom. The lowest BCUT2D eigenvalue weighted by molar-refractivity contribution is -0.149. The number of methoxy groups -OCH3 is 1. The van der Waals surface area contributed by atoms with Gasteiger partial charge in [0.15, 0.2) is 0 Å². The van der Waals surface area contributed by atoms with Crippen LogP contribution >= 0.6 is 0 Å². The molecular weight excluding hydrogens is 752 g/mol. The molecule has 1 fully saturated rings. The average Bonchev–Trinajstić information content (AvgIpc) is 3.81. The number of halogens is 3. The molecule has 2 aliphatic heterocycles. The van der Waals surface area contributed by atoms with E-state index < -0.39 is 24.4 Å². The minimum atomic E-state index is -4.21. The van der Waals surface area contributed by atoms with Crippen LogP contribution in [0.1, 0.15) is 99.9 Å². The predicted octanol–water partition coefficient (Wildman–Crippen LogP) is 8.12. The van der Waals surface area contributed by atoms with Crippen LogP contribution in [0, 0.1) is 13.8 Å². The minimum Gasteiger partial charge on any atom is -0.496 e. The smallest absolute Gasteiger partial charge is 0.416 e. The van der Waals surface area contributed by atoms with Crippen molar-refractivity contribution in [2.45, 2.75) is 100 Å². The maximum Gasteiger partial charge on any atom is 0.416 e. The normalized spacial score (nSPS) is 14.9. The number of aromatic amines is 1. The molecule has 0 bridgehead atoms. The number of aldehydes is 1. The highest BCUT2D eigenvalue weighted by molar-refractivity contribution is 5.94. The molecule has 0 spiro atoms. The van der Waals surface area contributed by atoms with Gasteiger partial charge in [0.05, 0.1) is 24.7 Å². The first-order valence-electron chi connectivity index (χ1n) is 20.0. The summed E-state index contributed by atoms with van der Waals surface area (Å²) in [6.07, 6.45) is 0.475. The van der Waals surface area contributed by atoms with Crippen molar-refractivity contribution >= 4 is 23.7 Å². The number of amides is 1. The Hall–Kier alpha value is -4.73. The quantitative estimate of drug-likeness (QED) is 0.170. The lowest BCUT2D eigenvalue weighted by atomic mass is 9.98. The number of hydrogen-bond donors (Lipinski definition) is 2. The van der Waals surface area contributed by atoms with Crippen molar-refractivity contribution < 1.29 is 32.2 Å². The first kappa shape index (κ1) is 47.6. The van der Waals surface area contributed by atoms with Crippen molar-refractivity contribution in [3.63, 3.8) is 0 Å². The molecular formula is C43H62F3N7O5. The Bertz CT molecular complexity index is 2050. The molecule has 4 aromatic rings. The van der Waals surface area contributed by atoms with E-state index in [0.717, 1.165) is 45.4 Å². The molecule has 1 amide bonds. The van der Waals surface area contributed by atoms with Gasteiger partial charge in [0.1, 0.15) is 23.5 Å². The number of alkyl halides is 3. The maximum absolute atomic E-state index is 12.9. The zero-order valence-electron chi connectivity index (χ0n) is 36.2. The van der Waals surface area contributed by atoms with Crippen LogP contribution < -0.4 is 20.5 Å². The van der Waals surface area contributed by atoms with Gasteiger partial charge in [-0.3, -0.25) is 24.3 Å². The third kappa shape index (κ3) is 11.5. The Morgan fingerprint density at radius 2 is 1.67 bits per heavy atom. The van der Waals surface area contributed by atoms with Crippen molar-refractivity contribution in [2.75, 3.05) is 58.3 Å². The van der Waals surface area contributed by atoms with Crippen molar-refractivity contribution in [3.05, 3.63) is 80.7 Å². The summed E-state index contributed by atoms with van der Waals surface area (Å²) >= 11 is 0. The molecule has 1 saturated heterocycles. The largest absolute Gasteiger partial charge is 0.496 e. The number of aromatic nitrogens is 3. The number of carbonyl (C=O) groups is 2. The van der Waals surface area contributed by atoms with Gasteiger partial charge in [-0.2, -0.15) is 13.2 Å². The Kier molecular flexibility index (Phi) is 17.1. The van der Waals surface area contributed by atoms with Crippen molar-refractivity contribution in [2.24, 2.45) is 0 Å². The molecule has 6 heterocycles. The van der Waals surface area contributed by atoms with E-state index in [9.17, 15) is 27.6 Å². The Labute approximate surface area is 340 Å². The molecule has 1 atom stereocenters. The minimum absolute atomic E-state index is 0.0915. The van der Waals surface area contributed by atoms with Gasteiger partial charge in [0.25, 0.3) is 5.56 Å². The highest BCUT2D eigenvalue weighted by atomic mass is 19.4. The first-order chi connectivity index (χ1) is 27.5. The number of anilines is 1. The molecule has 58 heavy (non-hydrogen) atoms.